The number of aromatic nitrogens is 5. The molecule has 2 heterocycles. The van der Waals surface area contributed by atoms with E-state index in [9.17, 15) is 13.6 Å². The van der Waals surface area contributed by atoms with Gasteiger partial charge in [0.15, 0.2) is 5.82 Å². The Morgan fingerprint density at radius 1 is 1.14 bits per heavy atom. The molecule has 28 heavy (non-hydrogen) atoms. The van der Waals surface area contributed by atoms with E-state index < -0.39 is 11.6 Å². The third-order valence-electron chi connectivity index (χ3n) is 4.22. The van der Waals surface area contributed by atoms with Gasteiger partial charge in [0.1, 0.15) is 23.9 Å². The maximum atomic E-state index is 14.3. The van der Waals surface area contributed by atoms with E-state index >= 15 is 0 Å². The standard InChI is InChI=1S/C19H16F2N6O/c1-2-27-22-10-17(24-27)23-18(28)11-26-16-6-4-3-5-13(16)19(25-26)14-9-12(20)7-8-15(14)21/h3-10H,2,11H2,1H3,(H,23,24,28). The number of aryl methyl sites for hydroxylation is 1. The number of amides is 1. The fourth-order valence-corrected chi connectivity index (χ4v) is 2.95. The van der Waals surface area contributed by atoms with Gasteiger partial charge in [-0.2, -0.15) is 15.0 Å². The molecule has 0 atom stereocenters. The summed E-state index contributed by atoms with van der Waals surface area (Å²) in [5, 5.41) is 15.7. The molecule has 0 unspecified atom stereocenters. The highest BCUT2D eigenvalue weighted by atomic mass is 19.1. The summed E-state index contributed by atoms with van der Waals surface area (Å²) in [6.45, 7) is 2.35. The summed E-state index contributed by atoms with van der Waals surface area (Å²) in [7, 11) is 0. The lowest BCUT2D eigenvalue weighted by Gasteiger charge is -2.03. The molecule has 4 rings (SSSR count). The van der Waals surface area contributed by atoms with Crippen LogP contribution in [0, 0.1) is 11.6 Å². The highest BCUT2D eigenvalue weighted by molar-refractivity contribution is 5.95. The van der Waals surface area contributed by atoms with E-state index in [-0.39, 0.29) is 23.7 Å². The Labute approximate surface area is 158 Å². The van der Waals surface area contributed by atoms with Gasteiger partial charge in [-0.05, 0) is 31.2 Å². The lowest BCUT2D eigenvalue weighted by molar-refractivity contribution is -0.116. The molecule has 2 aromatic carbocycles. The number of nitrogens with zero attached hydrogens (tertiary/aromatic N) is 5. The van der Waals surface area contributed by atoms with Gasteiger partial charge in [0.2, 0.25) is 5.91 Å². The van der Waals surface area contributed by atoms with E-state index in [1.54, 1.807) is 24.3 Å². The van der Waals surface area contributed by atoms with Crippen LogP contribution in [0.1, 0.15) is 6.92 Å². The van der Waals surface area contributed by atoms with E-state index in [1.807, 2.05) is 6.92 Å². The lowest BCUT2D eigenvalue weighted by Crippen LogP contribution is -2.20. The zero-order chi connectivity index (χ0) is 19.7. The van der Waals surface area contributed by atoms with Gasteiger partial charge in [-0.15, -0.1) is 5.10 Å². The average Bonchev–Trinajstić information content (AvgIpc) is 3.28. The molecule has 0 aliphatic heterocycles. The Kier molecular flexibility index (Phi) is 4.56. The van der Waals surface area contributed by atoms with Crippen LogP contribution in [0.5, 0.6) is 0 Å². The van der Waals surface area contributed by atoms with E-state index in [0.29, 0.717) is 23.3 Å². The van der Waals surface area contributed by atoms with Crippen LogP contribution in [0.3, 0.4) is 0 Å². The first-order valence-corrected chi connectivity index (χ1v) is 8.66. The van der Waals surface area contributed by atoms with Crippen molar-refractivity contribution in [2.75, 3.05) is 5.32 Å². The quantitative estimate of drug-likeness (QED) is 0.575. The number of nitrogens with one attached hydrogen (secondary N) is 1. The Bertz CT molecular complexity index is 1170. The minimum absolute atomic E-state index is 0.0428. The van der Waals surface area contributed by atoms with Crippen LogP contribution in [0.15, 0.2) is 48.7 Å². The predicted molar refractivity (Wildman–Crippen MR) is 99.4 cm³/mol. The number of rotatable bonds is 5. The maximum absolute atomic E-state index is 14.3. The average molecular weight is 382 g/mol. The number of benzene rings is 2. The topological polar surface area (TPSA) is 77.6 Å². The zero-order valence-electron chi connectivity index (χ0n) is 14.9. The Morgan fingerprint density at radius 2 is 1.96 bits per heavy atom. The fraction of sp³-hybridized carbons (Fsp3) is 0.158. The normalized spacial score (nSPS) is 11.1. The third kappa shape index (κ3) is 3.34. The van der Waals surface area contributed by atoms with Crippen LogP contribution in [0.25, 0.3) is 22.2 Å². The Hall–Kier alpha value is -3.62. The van der Waals surface area contributed by atoms with E-state index in [0.717, 1.165) is 18.2 Å². The van der Waals surface area contributed by atoms with Crippen LogP contribution in [-0.2, 0) is 17.9 Å². The third-order valence-corrected chi connectivity index (χ3v) is 4.22. The van der Waals surface area contributed by atoms with Gasteiger partial charge in [0.25, 0.3) is 0 Å². The monoisotopic (exact) mass is 382 g/mol. The molecule has 0 radical (unpaired) electrons. The van der Waals surface area contributed by atoms with Crippen molar-refractivity contribution in [2.24, 2.45) is 0 Å². The van der Waals surface area contributed by atoms with Crippen LogP contribution in [0.4, 0.5) is 14.6 Å². The highest BCUT2D eigenvalue weighted by Gasteiger charge is 2.18. The molecule has 0 spiro atoms. The number of hydrogen-bond acceptors (Lipinski definition) is 4. The number of anilines is 1. The van der Waals surface area contributed by atoms with Crippen molar-refractivity contribution in [1.82, 2.24) is 24.8 Å². The Balaban J connectivity index is 1.68. The summed E-state index contributed by atoms with van der Waals surface area (Å²) >= 11 is 0. The van der Waals surface area contributed by atoms with Crippen molar-refractivity contribution in [3.8, 4) is 11.3 Å². The second-order valence-corrected chi connectivity index (χ2v) is 6.11. The van der Waals surface area contributed by atoms with Gasteiger partial charge in [-0.25, -0.2) is 8.78 Å². The zero-order valence-corrected chi connectivity index (χ0v) is 14.9. The number of carbonyl (C=O) groups excluding carboxylic acids is 1. The number of carbonyl (C=O) groups is 1. The van der Waals surface area contributed by atoms with Crippen LogP contribution < -0.4 is 5.32 Å². The first kappa shape index (κ1) is 17.8. The van der Waals surface area contributed by atoms with E-state index in [4.69, 9.17) is 0 Å². The fourth-order valence-electron chi connectivity index (χ4n) is 2.95. The molecule has 142 valence electrons. The molecular formula is C19H16F2N6O. The summed E-state index contributed by atoms with van der Waals surface area (Å²) in [5.41, 5.74) is 0.951. The van der Waals surface area contributed by atoms with Gasteiger partial charge in [-0.1, -0.05) is 18.2 Å². The first-order chi connectivity index (χ1) is 13.5. The van der Waals surface area contributed by atoms with Crippen molar-refractivity contribution in [3.05, 3.63) is 60.3 Å². The van der Waals surface area contributed by atoms with Crippen LogP contribution >= 0.6 is 0 Å². The van der Waals surface area contributed by atoms with Crippen molar-refractivity contribution >= 4 is 22.6 Å². The summed E-state index contributed by atoms with van der Waals surface area (Å²) in [6, 6.07) is 10.3. The first-order valence-electron chi connectivity index (χ1n) is 8.66. The molecule has 9 heteroatoms. The van der Waals surface area contributed by atoms with Crippen LogP contribution in [0.2, 0.25) is 0 Å². The lowest BCUT2D eigenvalue weighted by atomic mass is 10.1. The molecule has 0 aliphatic rings. The Morgan fingerprint density at radius 3 is 2.75 bits per heavy atom. The number of hydrogen-bond donors (Lipinski definition) is 1. The molecular weight excluding hydrogens is 366 g/mol. The van der Waals surface area contributed by atoms with Crippen molar-refractivity contribution in [1.29, 1.82) is 0 Å². The number of para-hydroxylation sites is 1. The number of fused-ring (bicyclic) bond motifs is 1. The van der Waals surface area contributed by atoms with Crippen molar-refractivity contribution < 1.29 is 13.6 Å². The molecule has 7 nitrogen and oxygen atoms in total. The molecule has 0 saturated carbocycles. The van der Waals surface area contributed by atoms with Gasteiger partial charge < -0.3 is 5.32 Å². The minimum atomic E-state index is -0.586. The van der Waals surface area contributed by atoms with Gasteiger partial charge in [-0.3, -0.25) is 9.48 Å². The molecule has 0 aliphatic carbocycles. The summed E-state index contributed by atoms with van der Waals surface area (Å²) in [4.78, 5) is 13.9. The largest absolute Gasteiger partial charge is 0.306 e. The molecule has 0 fully saturated rings. The smallest absolute Gasteiger partial charge is 0.247 e. The van der Waals surface area contributed by atoms with Gasteiger partial charge in [0, 0.05) is 10.9 Å². The molecule has 1 amide bonds. The predicted octanol–water partition coefficient (Wildman–Crippen LogP) is 3.23. The maximum Gasteiger partial charge on any atom is 0.247 e. The summed E-state index contributed by atoms with van der Waals surface area (Å²) < 4.78 is 29.4. The van der Waals surface area contributed by atoms with Crippen molar-refractivity contribution in [2.45, 2.75) is 20.0 Å². The summed E-state index contributed by atoms with van der Waals surface area (Å²) in [6.07, 6.45) is 1.45. The SMILES string of the molecule is CCn1ncc(NC(=O)Cn2nc(-c3cc(F)ccc3F)c3ccccc32)n1. The second-order valence-electron chi connectivity index (χ2n) is 6.11. The van der Waals surface area contributed by atoms with Gasteiger partial charge >= 0.3 is 0 Å². The molecule has 4 aromatic rings. The van der Waals surface area contributed by atoms with Crippen LogP contribution in [-0.4, -0.2) is 30.7 Å². The molecule has 2 aromatic heterocycles. The summed E-state index contributed by atoms with van der Waals surface area (Å²) in [5.74, 6) is -1.17. The van der Waals surface area contributed by atoms with Gasteiger partial charge in [0.05, 0.1) is 18.3 Å². The van der Waals surface area contributed by atoms with Crippen molar-refractivity contribution in [3.63, 3.8) is 0 Å². The van der Waals surface area contributed by atoms with E-state index in [2.05, 4.69) is 20.6 Å². The van der Waals surface area contributed by atoms with E-state index in [1.165, 1.54) is 15.7 Å². The minimum Gasteiger partial charge on any atom is -0.306 e. The molecule has 1 N–H and O–H groups in total. The highest BCUT2D eigenvalue weighted by Crippen LogP contribution is 2.30. The number of halogens is 2. The molecule has 0 saturated heterocycles. The molecule has 0 bridgehead atoms. The second kappa shape index (κ2) is 7.18.